The van der Waals surface area contributed by atoms with Crippen LogP contribution in [0.3, 0.4) is 0 Å². The second-order valence-electron chi connectivity index (χ2n) is 27.5. The minimum atomic E-state index is -4.97. The van der Waals surface area contributed by atoms with Gasteiger partial charge in [0.25, 0.3) is 0 Å². The molecule has 0 bridgehead atoms. The van der Waals surface area contributed by atoms with Crippen molar-refractivity contribution in [3.63, 3.8) is 0 Å². The topological polar surface area (TPSA) is 237 Å². The molecule has 0 aliphatic heterocycles. The first-order chi connectivity index (χ1) is 46.5. The summed E-state index contributed by atoms with van der Waals surface area (Å²) >= 11 is 0. The van der Waals surface area contributed by atoms with Crippen LogP contribution < -0.4 is 0 Å². The minimum Gasteiger partial charge on any atom is -0.462 e. The summed E-state index contributed by atoms with van der Waals surface area (Å²) in [4.78, 5) is 72.9. The number of hydrogen-bond donors (Lipinski definition) is 3. The molecule has 0 heterocycles. The summed E-state index contributed by atoms with van der Waals surface area (Å²) in [6.45, 7) is 7.25. The summed E-state index contributed by atoms with van der Waals surface area (Å²) in [5, 5.41) is 10.6. The Bertz CT molecular complexity index is 1930. The van der Waals surface area contributed by atoms with Crippen molar-refractivity contribution in [2.75, 3.05) is 39.6 Å². The summed E-state index contributed by atoms with van der Waals surface area (Å²) < 4.78 is 68.5. The van der Waals surface area contributed by atoms with E-state index in [-0.39, 0.29) is 25.7 Å². The molecule has 0 spiro atoms. The van der Waals surface area contributed by atoms with Crippen molar-refractivity contribution >= 4 is 39.5 Å². The number of carbonyl (C=O) groups excluding carboxylic acids is 4. The van der Waals surface area contributed by atoms with Gasteiger partial charge in [0.15, 0.2) is 12.2 Å². The lowest BCUT2D eigenvalue weighted by atomic mass is 10.0. The minimum absolute atomic E-state index is 0.0854. The number of esters is 4. The lowest BCUT2D eigenvalue weighted by Crippen LogP contribution is -2.30. The van der Waals surface area contributed by atoms with E-state index >= 15 is 0 Å². The molecule has 0 fully saturated rings. The number of rotatable bonds is 75. The molecule has 0 aromatic rings. The molecule has 96 heavy (non-hydrogen) atoms. The average molecular weight is 1410 g/mol. The number of aliphatic hydroxyl groups is 1. The number of carbonyl (C=O) groups is 4. The average Bonchev–Trinajstić information content (AvgIpc) is 2.02. The first-order valence-electron chi connectivity index (χ1n) is 39.5. The molecule has 19 heteroatoms. The fourth-order valence-electron chi connectivity index (χ4n) is 11.3. The van der Waals surface area contributed by atoms with Crippen LogP contribution in [0.4, 0.5) is 0 Å². The van der Waals surface area contributed by atoms with Crippen molar-refractivity contribution in [2.45, 2.75) is 400 Å². The van der Waals surface area contributed by atoms with Gasteiger partial charge in [0.2, 0.25) is 0 Å². The number of unbranched alkanes of at least 4 members (excludes halogenated alkanes) is 44. The molecule has 0 rings (SSSR count). The molecular formula is C77H146O17P2. The van der Waals surface area contributed by atoms with E-state index in [1.165, 1.54) is 193 Å². The molecule has 3 N–H and O–H groups in total. The van der Waals surface area contributed by atoms with Crippen LogP contribution >= 0.6 is 15.6 Å². The Hall–Kier alpha value is -2.46. The Balaban J connectivity index is 5.30. The van der Waals surface area contributed by atoms with Gasteiger partial charge in [-0.25, -0.2) is 9.13 Å². The van der Waals surface area contributed by atoms with E-state index in [9.17, 15) is 43.2 Å². The van der Waals surface area contributed by atoms with Gasteiger partial charge in [0.05, 0.1) is 26.4 Å². The summed E-state index contributed by atoms with van der Waals surface area (Å²) in [6.07, 6.45) is 61.6. The Morgan fingerprint density at radius 1 is 0.323 bits per heavy atom. The van der Waals surface area contributed by atoms with Gasteiger partial charge in [-0.05, 0) is 57.3 Å². The molecule has 2 unspecified atom stereocenters. The third-order valence-corrected chi connectivity index (χ3v) is 19.3. The largest absolute Gasteiger partial charge is 0.472 e. The summed E-state index contributed by atoms with van der Waals surface area (Å²) in [5.41, 5.74) is 0. The third kappa shape index (κ3) is 70.0. The molecule has 0 aliphatic rings. The fourth-order valence-corrected chi connectivity index (χ4v) is 12.9. The zero-order valence-electron chi connectivity index (χ0n) is 62.0. The predicted molar refractivity (Wildman–Crippen MR) is 391 cm³/mol. The van der Waals surface area contributed by atoms with Gasteiger partial charge in [-0.3, -0.25) is 37.3 Å². The van der Waals surface area contributed by atoms with Crippen LogP contribution in [-0.2, 0) is 65.4 Å². The highest BCUT2D eigenvalue weighted by Crippen LogP contribution is 2.45. The lowest BCUT2D eigenvalue weighted by Gasteiger charge is -2.21. The lowest BCUT2D eigenvalue weighted by molar-refractivity contribution is -0.161. The first kappa shape index (κ1) is 93.5. The number of allylic oxidation sites excluding steroid dienone is 4. The number of aliphatic hydroxyl groups excluding tert-OH is 1. The van der Waals surface area contributed by atoms with Crippen LogP contribution in [0.2, 0.25) is 0 Å². The van der Waals surface area contributed by atoms with Crippen molar-refractivity contribution in [3.05, 3.63) is 24.3 Å². The molecule has 0 aromatic heterocycles. The maximum absolute atomic E-state index is 13.1. The molecule has 17 nitrogen and oxygen atoms in total. The van der Waals surface area contributed by atoms with E-state index < -0.39 is 97.5 Å². The van der Waals surface area contributed by atoms with E-state index in [1.54, 1.807) is 0 Å². The summed E-state index contributed by atoms with van der Waals surface area (Å²) in [5.74, 6) is -1.36. The Kier molecular flexibility index (Phi) is 67.8. The van der Waals surface area contributed by atoms with Gasteiger partial charge in [-0.15, -0.1) is 0 Å². The maximum Gasteiger partial charge on any atom is 0.472 e. The van der Waals surface area contributed by atoms with Gasteiger partial charge in [0, 0.05) is 25.7 Å². The van der Waals surface area contributed by atoms with Crippen LogP contribution in [0.15, 0.2) is 24.3 Å². The molecule has 0 radical (unpaired) electrons. The molecule has 0 saturated carbocycles. The van der Waals surface area contributed by atoms with Crippen LogP contribution in [0.25, 0.3) is 0 Å². The zero-order chi connectivity index (χ0) is 70.5. The quantitative estimate of drug-likeness (QED) is 0.0169. The van der Waals surface area contributed by atoms with Gasteiger partial charge in [0.1, 0.15) is 19.3 Å². The molecule has 0 aliphatic carbocycles. The second-order valence-corrected chi connectivity index (χ2v) is 30.4. The SMILES string of the molecule is CCCCCC/C=C\C=C/CCCCCCCC(=O)O[C@H](COC(=O)CCCCCCCCCCCCCCC(C)C)COP(=O)(O)OC[C@@H](O)COP(=O)(O)OC[C@@H](COC(=O)CCCCCCCCCCCCCC)OC(=O)CCCCCCCCCCCCCCCC. The van der Waals surface area contributed by atoms with Crippen molar-refractivity contribution in [3.8, 4) is 0 Å². The van der Waals surface area contributed by atoms with Gasteiger partial charge in [-0.1, -0.05) is 329 Å². The standard InChI is InChI=1S/C77H146O17P2/c1-6-9-12-15-18-21-24-27-29-31-38-43-48-53-58-63-77(82)94-73(67-88-75(80)61-56-51-46-41-36-33-32-34-39-44-49-54-59-70(4)5)69-92-96(85,86)90-65-71(78)64-89-95(83,84)91-68-72(66-87-74(79)60-55-50-45-40-35-26-23-20-17-14-11-8-3)93-76(81)62-57-52-47-42-37-30-28-25-22-19-16-13-10-7-2/h21,24,27,29,70-73,78H,6-20,22-23,25-26,28,30-69H2,1-5H3,(H,83,84)(H,85,86)/b24-21-,29-27-/t71-,72+,73+/m0/s1. The van der Waals surface area contributed by atoms with Crippen LogP contribution in [0.1, 0.15) is 381 Å². The van der Waals surface area contributed by atoms with Gasteiger partial charge in [-0.2, -0.15) is 0 Å². The summed E-state index contributed by atoms with van der Waals surface area (Å²) in [6, 6.07) is 0. The van der Waals surface area contributed by atoms with Crippen LogP contribution in [0, 0.1) is 5.92 Å². The second kappa shape index (κ2) is 69.6. The molecule has 566 valence electrons. The summed E-state index contributed by atoms with van der Waals surface area (Å²) in [7, 11) is -9.92. The van der Waals surface area contributed by atoms with Crippen molar-refractivity contribution in [1.29, 1.82) is 0 Å². The van der Waals surface area contributed by atoms with Crippen LogP contribution in [0.5, 0.6) is 0 Å². The molecule has 5 atom stereocenters. The normalized spacial score (nSPS) is 14.1. The fraction of sp³-hybridized carbons (Fsp3) is 0.896. The number of hydrogen-bond acceptors (Lipinski definition) is 15. The Labute approximate surface area is 586 Å². The monoisotopic (exact) mass is 1410 g/mol. The number of ether oxygens (including phenoxy) is 4. The van der Waals surface area contributed by atoms with E-state index in [0.29, 0.717) is 25.7 Å². The van der Waals surface area contributed by atoms with E-state index in [2.05, 4.69) is 58.9 Å². The van der Waals surface area contributed by atoms with Crippen molar-refractivity contribution < 1.29 is 80.2 Å². The first-order valence-corrected chi connectivity index (χ1v) is 42.4. The predicted octanol–water partition coefficient (Wildman–Crippen LogP) is 22.4. The van der Waals surface area contributed by atoms with Crippen molar-refractivity contribution in [1.82, 2.24) is 0 Å². The third-order valence-electron chi connectivity index (χ3n) is 17.4. The highest BCUT2D eigenvalue weighted by Gasteiger charge is 2.30. The van der Waals surface area contributed by atoms with E-state index in [4.69, 9.17) is 37.0 Å². The molecular weight excluding hydrogens is 1260 g/mol. The highest BCUT2D eigenvalue weighted by atomic mass is 31.2. The molecule has 0 saturated heterocycles. The maximum atomic E-state index is 13.1. The Morgan fingerprint density at radius 3 is 0.854 bits per heavy atom. The Morgan fingerprint density at radius 2 is 0.562 bits per heavy atom. The molecule has 0 amide bonds. The van der Waals surface area contributed by atoms with Crippen molar-refractivity contribution in [2.24, 2.45) is 5.92 Å². The number of phosphoric acid groups is 2. The van der Waals surface area contributed by atoms with E-state index in [0.717, 1.165) is 109 Å². The smallest absolute Gasteiger partial charge is 0.462 e. The number of phosphoric ester groups is 2. The van der Waals surface area contributed by atoms with Gasteiger partial charge < -0.3 is 33.8 Å². The van der Waals surface area contributed by atoms with E-state index in [1.807, 2.05) is 0 Å². The van der Waals surface area contributed by atoms with Crippen LogP contribution in [-0.4, -0.2) is 96.7 Å². The highest BCUT2D eigenvalue weighted by molar-refractivity contribution is 7.47. The zero-order valence-corrected chi connectivity index (χ0v) is 63.8. The van der Waals surface area contributed by atoms with Gasteiger partial charge >= 0.3 is 39.5 Å². The molecule has 0 aromatic carbocycles.